The Balaban J connectivity index is 1.59. The van der Waals surface area contributed by atoms with Crippen molar-refractivity contribution < 1.29 is 32.2 Å². The fraction of sp³-hybridized carbons (Fsp3) is 0.182. The summed E-state index contributed by atoms with van der Waals surface area (Å²) >= 11 is 0. The Morgan fingerprint density at radius 1 is 1.03 bits per heavy atom. The lowest BCUT2D eigenvalue weighted by molar-refractivity contribution is -0.137. The van der Waals surface area contributed by atoms with E-state index in [-0.39, 0.29) is 24.0 Å². The van der Waals surface area contributed by atoms with Crippen LogP contribution in [-0.2, 0) is 17.5 Å². The van der Waals surface area contributed by atoms with Gasteiger partial charge >= 0.3 is 12.3 Å². The number of aromatic nitrogens is 2. The third-order valence-corrected chi connectivity index (χ3v) is 4.35. The van der Waals surface area contributed by atoms with Gasteiger partial charge in [0.1, 0.15) is 29.6 Å². The first-order valence-electron chi connectivity index (χ1n) is 9.58. The highest BCUT2D eigenvalue weighted by Crippen LogP contribution is 2.30. The summed E-state index contributed by atoms with van der Waals surface area (Å²) in [4.78, 5) is 31.3. The van der Waals surface area contributed by atoms with E-state index >= 15 is 0 Å². The molecule has 8 nitrogen and oxygen atoms in total. The largest absolute Gasteiger partial charge is 0.457 e. The van der Waals surface area contributed by atoms with Gasteiger partial charge in [0.25, 0.3) is 5.91 Å². The highest BCUT2D eigenvalue weighted by molar-refractivity contribution is 5.92. The van der Waals surface area contributed by atoms with Crippen LogP contribution in [0.2, 0.25) is 0 Å². The van der Waals surface area contributed by atoms with Gasteiger partial charge in [0.15, 0.2) is 0 Å². The lowest BCUT2D eigenvalue weighted by atomic mass is 10.1. The molecule has 3 rings (SSSR count). The second-order valence-electron chi connectivity index (χ2n) is 6.79. The van der Waals surface area contributed by atoms with Gasteiger partial charge in [-0.2, -0.15) is 13.2 Å². The van der Waals surface area contributed by atoms with Crippen molar-refractivity contribution in [2.75, 3.05) is 12.4 Å². The van der Waals surface area contributed by atoms with Crippen LogP contribution >= 0.6 is 0 Å². The van der Waals surface area contributed by atoms with Gasteiger partial charge in [-0.05, 0) is 48.4 Å². The average molecular weight is 460 g/mol. The molecular formula is C22H19F3N4O4. The molecule has 0 saturated carbocycles. The molecule has 0 unspecified atom stereocenters. The van der Waals surface area contributed by atoms with E-state index in [4.69, 9.17) is 9.47 Å². The molecule has 0 aliphatic carbocycles. The molecule has 33 heavy (non-hydrogen) atoms. The summed E-state index contributed by atoms with van der Waals surface area (Å²) in [5.41, 5.74) is 0.636. The van der Waals surface area contributed by atoms with E-state index in [0.717, 1.165) is 17.8 Å². The van der Waals surface area contributed by atoms with Crippen LogP contribution in [0.15, 0.2) is 54.9 Å². The molecule has 2 N–H and O–H groups in total. The average Bonchev–Trinajstić information content (AvgIpc) is 2.78. The second kappa shape index (κ2) is 9.98. The zero-order chi connectivity index (χ0) is 24.0. The van der Waals surface area contributed by atoms with Gasteiger partial charge in [0, 0.05) is 25.5 Å². The molecular weight excluding hydrogens is 441 g/mol. The Kier molecular flexibility index (Phi) is 7.11. The van der Waals surface area contributed by atoms with E-state index in [0.29, 0.717) is 23.1 Å². The summed E-state index contributed by atoms with van der Waals surface area (Å²) < 4.78 is 49.1. The van der Waals surface area contributed by atoms with E-state index < -0.39 is 17.8 Å². The first-order valence-corrected chi connectivity index (χ1v) is 9.58. The number of aryl methyl sites for hydroxylation is 1. The number of rotatable bonds is 6. The van der Waals surface area contributed by atoms with Crippen LogP contribution in [0.1, 0.15) is 27.2 Å². The van der Waals surface area contributed by atoms with Crippen molar-refractivity contribution in [2.45, 2.75) is 19.7 Å². The molecule has 0 radical (unpaired) electrons. The van der Waals surface area contributed by atoms with Crippen molar-refractivity contribution in [1.29, 1.82) is 0 Å². The monoisotopic (exact) mass is 460 g/mol. The number of hydrogen-bond acceptors (Lipinski definition) is 6. The molecule has 0 spiro atoms. The number of pyridine rings is 2. The van der Waals surface area contributed by atoms with E-state index in [2.05, 4.69) is 20.6 Å². The Morgan fingerprint density at radius 3 is 2.48 bits per heavy atom. The number of carbonyl (C=O) groups is 2. The number of ether oxygens (including phenoxy) is 2. The fourth-order valence-electron chi connectivity index (χ4n) is 2.73. The number of amides is 2. The molecule has 0 aliphatic rings. The molecule has 2 aromatic heterocycles. The molecule has 0 fully saturated rings. The van der Waals surface area contributed by atoms with E-state index in [1.165, 1.54) is 19.3 Å². The third-order valence-electron chi connectivity index (χ3n) is 4.35. The molecule has 2 heterocycles. The van der Waals surface area contributed by atoms with E-state index in [9.17, 15) is 22.8 Å². The number of halogens is 3. The van der Waals surface area contributed by atoms with E-state index in [1.54, 1.807) is 31.2 Å². The quantitative estimate of drug-likeness (QED) is 0.553. The van der Waals surface area contributed by atoms with Crippen LogP contribution in [0, 0.1) is 6.92 Å². The van der Waals surface area contributed by atoms with Crippen molar-refractivity contribution >= 4 is 17.8 Å². The maximum absolute atomic E-state index is 12.8. The Labute approximate surface area is 186 Å². The van der Waals surface area contributed by atoms with Gasteiger partial charge in [-0.15, -0.1) is 0 Å². The fourth-order valence-corrected chi connectivity index (χ4v) is 2.73. The normalized spacial score (nSPS) is 10.9. The van der Waals surface area contributed by atoms with Crippen molar-refractivity contribution in [3.63, 3.8) is 0 Å². The molecule has 3 aromatic rings. The molecule has 11 heteroatoms. The zero-order valence-electron chi connectivity index (χ0n) is 17.6. The first-order chi connectivity index (χ1) is 15.7. The van der Waals surface area contributed by atoms with Gasteiger partial charge in [-0.3, -0.25) is 15.1 Å². The third kappa shape index (κ3) is 6.42. The topological polar surface area (TPSA) is 102 Å². The van der Waals surface area contributed by atoms with Gasteiger partial charge in [-0.1, -0.05) is 6.07 Å². The lowest BCUT2D eigenvalue weighted by Gasteiger charge is -2.12. The van der Waals surface area contributed by atoms with Crippen LogP contribution in [0.3, 0.4) is 0 Å². The zero-order valence-corrected chi connectivity index (χ0v) is 17.6. The van der Waals surface area contributed by atoms with Gasteiger partial charge in [0.2, 0.25) is 0 Å². The summed E-state index contributed by atoms with van der Waals surface area (Å²) in [6.45, 7) is 1.66. The smallest absolute Gasteiger partial charge is 0.416 e. The number of hydrogen-bond donors (Lipinski definition) is 2. The first kappa shape index (κ1) is 23.5. The summed E-state index contributed by atoms with van der Waals surface area (Å²) in [6.07, 6.45) is -3.10. The van der Waals surface area contributed by atoms with Crippen molar-refractivity contribution in [2.24, 2.45) is 0 Å². The molecule has 1 aromatic carbocycles. The molecule has 0 saturated heterocycles. The molecule has 172 valence electrons. The Hall–Kier alpha value is -4.15. The predicted molar refractivity (Wildman–Crippen MR) is 112 cm³/mol. The minimum absolute atomic E-state index is 0.123. The molecule has 0 bridgehead atoms. The Bertz CT molecular complexity index is 1170. The summed E-state index contributed by atoms with van der Waals surface area (Å²) in [5, 5.41) is 4.65. The lowest BCUT2D eigenvalue weighted by Crippen LogP contribution is -2.18. The number of carbonyl (C=O) groups excluding carboxylic acids is 2. The van der Waals surface area contributed by atoms with Crippen LogP contribution in [0.5, 0.6) is 11.5 Å². The number of nitrogens with one attached hydrogen (secondary N) is 2. The van der Waals surface area contributed by atoms with Crippen molar-refractivity contribution in [1.82, 2.24) is 15.3 Å². The summed E-state index contributed by atoms with van der Waals surface area (Å²) in [6, 6.07) is 9.68. The van der Waals surface area contributed by atoms with Crippen molar-refractivity contribution in [3.05, 3.63) is 77.2 Å². The van der Waals surface area contributed by atoms with Crippen LogP contribution in [0.4, 0.5) is 23.8 Å². The minimum Gasteiger partial charge on any atom is -0.457 e. The maximum Gasteiger partial charge on any atom is 0.416 e. The molecule has 0 aliphatic heterocycles. The van der Waals surface area contributed by atoms with Gasteiger partial charge in [-0.25, -0.2) is 9.78 Å². The number of anilines is 1. The van der Waals surface area contributed by atoms with Gasteiger partial charge < -0.3 is 14.8 Å². The summed E-state index contributed by atoms with van der Waals surface area (Å²) in [5.74, 6) is 0.320. The second-order valence-corrected chi connectivity index (χ2v) is 6.79. The van der Waals surface area contributed by atoms with Crippen LogP contribution < -0.4 is 15.4 Å². The standard InChI is InChI=1S/C22H19F3N4O4/c1-13-9-14(3-4-18(13)33-16-6-8-27-17(11-16)20(30)26-2)12-32-21(31)29-19-10-15(5-7-28-19)22(23,24)25/h3-11H,12H2,1-2H3,(H,26,30)(H,28,29,31). The number of nitrogens with zero attached hydrogens (tertiary/aromatic N) is 2. The number of alkyl halides is 3. The predicted octanol–water partition coefficient (Wildman–Crippen LogP) is 4.70. The molecule has 2 amide bonds. The molecule has 0 atom stereocenters. The van der Waals surface area contributed by atoms with Crippen LogP contribution in [-0.4, -0.2) is 29.0 Å². The summed E-state index contributed by atoms with van der Waals surface area (Å²) in [7, 11) is 1.50. The SMILES string of the molecule is CNC(=O)c1cc(Oc2ccc(COC(=O)Nc3cc(C(F)(F)F)ccn3)cc2C)ccn1. The van der Waals surface area contributed by atoms with Crippen molar-refractivity contribution in [3.8, 4) is 11.5 Å². The highest BCUT2D eigenvalue weighted by Gasteiger charge is 2.30. The minimum atomic E-state index is -4.55. The van der Waals surface area contributed by atoms with Gasteiger partial charge in [0.05, 0.1) is 5.56 Å². The highest BCUT2D eigenvalue weighted by atomic mass is 19.4. The Morgan fingerprint density at radius 2 is 1.79 bits per heavy atom. The maximum atomic E-state index is 12.8. The van der Waals surface area contributed by atoms with Crippen LogP contribution in [0.25, 0.3) is 0 Å². The van der Waals surface area contributed by atoms with E-state index in [1.807, 2.05) is 0 Å². The number of benzene rings is 1.